The van der Waals surface area contributed by atoms with Gasteiger partial charge in [-0.2, -0.15) is 13.2 Å². The summed E-state index contributed by atoms with van der Waals surface area (Å²) in [6.45, 7) is 2.64. The van der Waals surface area contributed by atoms with Gasteiger partial charge in [0.15, 0.2) is 0 Å². The van der Waals surface area contributed by atoms with Gasteiger partial charge in [0, 0.05) is 18.5 Å². The number of hydrogen-bond acceptors (Lipinski definition) is 3. The predicted octanol–water partition coefficient (Wildman–Crippen LogP) is 3.91. The van der Waals surface area contributed by atoms with Crippen LogP contribution in [0.15, 0.2) is 22.7 Å². The lowest BCUT2D eigenvalue weighted by atomic mass is 10.2. The topological polar surface area (TPSA) is 30.5 Å². The maximum absolute atomic E-state index is 11.9. The third-order valence-electron chi connectivity index (χ3n) is 2.56. The molecule has 0 bridgehead atoms. The Bertz CT molecular complexity index is 427. The Hall–Kier alpha value is -0.790. The van der Waals surface area contributed by atoms with Crippen LogP contribution < -0.4 is 10.1 Å². The molecule has 120 valence electrons. The van der Waals surface area contributed by atoms with Crippen molar-refractivity contribution in [2.24, 2.45) is 0 Å². The van der Waals surface area contributed by atoms with Crippen LogP contribution in [0.3, 0.4) is 0 Å². The molecule has 0 atom stereocenters. The van der Waals surface area contributed by atoms with Crippen molar-refractivity contribution in [1.82, 2.24) is 5.32 Å². The fourth-order valence-corrected chi connectivity index (χ4v) is 2.16. The summed E-state index contributed by atoms with van der Waals surface area (Å²) in [5.41, 5.74) is 1.00. The minimum absolute atomic E-state index is 0.0203. The third-order valence-corrected chi connectivity index (χ3v) is 3.18. The van der Waals surface area contributed by atoms with Crippen LogP contribution in [0.5, 0.6) is 5.75 Å². The number of hydrogen-bond donors (Lipinski definition) is 1. The van der Waals surface area contributed by atoms with Gasteiger partial charge in [-0.05, 0) is 28.5 Å². The first-order valence-corrected chi connectivity index (χ1v) is 7.48. The molecule has 0 unspecified atom stereocenters. The number of nitrogens with one attached hydrogen (secondary N) is 1. The predicted molar refractivity (Wildman–Crippen MR) is 78.5 cm³/mol. The molecule has 3 nitrogen and oxygen atoms in total. The highest BCUT2D eigenvalue weighted by Crippen LogP contribution is 2.29. The number of alkyl halides is 3. The summed E-state index contributed by atoms with van der Waals surface area (Å²) in [6, 6.07) is 5.73. The largest absolute Gasteiger partial charge is 0.492 e. The quantitative estimate of drug-likeness (QED) is 0.669. The van der Waals surface area contributed by atoms with Crippen LogP contribution in [0.25, 0.3) is 0 Å². The Labute approximate surface area is 130 Å². The van der Waals surface area contributed by atoms with Gasteiger partial charge in [0.2, 0.25) is 0 Å². The van der Waals surface area contributed by atoms with Crippen LogP contribution in [0.2, 0.25) is 0 Å². The molecule has 0 amide bonds. The van der Waals surface area contributed by atoms with Crippen molar-refractivity contribution in [2.75, 3.05) is 26.4 Å². The molecule has 0 radical (unpaired) electrons. The molecule has 0 saturated heterocycles. The number of benzene rings is 1. The van der Waals surface area contributed by atoms with Crippen molar-refractivity contribution >= 4 is 15.9 Å². The van der Waals surface area contributed by atoms with E-state index in [4.69, 9.17) is 4.74 Å². The monoisotopic (exact) mass is 369 g/mol. The van der Waals surface area contributed by atoms with Crippen molar-refractivity contribution < 1.29 is 22.6 Å². The molecular weight excluding hydrogens is 351 g/mol. The van der Waals surface area contributed by atoms with E-state index in [0.29, 0.717) is 25.3 Å². The van der Waals surface area contributed by atoms with E-state index in [1.54, 1.807) is 0 Å². The smallest absolute Gasteiger partial charge is 0.411 e. The zero-order valence-corrected chi connectivity index (χ0v) is 13.4. The summed E-state index contributed by atoms with van der Waals surface area (Å²) in [5.74, 6) is 0.717. The van der Waals surface area contributed by atoms with Crippen molar-refractivity contribution in [1.29, 1.82) is 0 Å². The summed E-state index contributed by atoms with van der Waals surface area (Å²) >= 11 is 3.42. The number of halogens is 4. The number of para-hydroxylation sites is 1. The van der Waals surface area contributed by atoms with Crippen molar-refractivity contribution in [3.63, 3.8) is 0 Å². The van der Waals surface area contributed by atoms with Crippen LogP contribution >= 0.6 is 15.9 Å². The van der Waals surface area contributed by atoms with Crippen molar-refractivity contribution in [3.8, 4) is 5.75 Å². The highest BCUT2D eigenvalue weighted by molar-refractivity contribution is 9.10. The van der Waals surface area contributed by atoms with E-state index in [1.165, 1.54) is 0 Å². The minimum atomic E-state index is -4.28. The molecule has 0 aliphatic carbocycles. The molecule has 1 rings (SSSR count). The van der Waals surface area contributed by atoms with E-state index in [0.717, 1.165) is 16.6 Å². The average Bonchev–Trinajstić information content (AvgIpc) is 2.41. The Kier molecular flexibility index (Phi) is 8.06. The molecule has 1 aromatic carbocycles. The number of rotatable bonds is 9. The van der Waals surface area contributed by atoms with E-state index < -0.39 is 12.8 Å². The summed E-state index contributed by atoms with van der Waals surface area (Å²) in [4.78, 5) is 0. The zero-order chi connectivity index (χ0) is 15.7. The van der Waals surface area contributed by atoms with Gasteiger partial charge >= 0.3 is 6.18 Å². The van der Waals surface area contributed by atoms with Crippen LogP contribution in [0.1, 0.15) is 18.9 Å². The first-order chi connectivity index (χ1) is 9.94. The van der Waals surface area contributed by atoms with Crippen molar-refractivity contribution in [2.45, 2.75) is 26.1 Å². The Morgan fingerprint density at radius 3 is 2.67 bits per heavy atom. The van der Waals surface area contributed by atoms with Gasteiger partial charge in [-0.15, -0.1) is 0 Å². The lowest BCUT2D eigenvalue weighted by molar-refractivity contribution is -0.174. The van der Waals surface area contributed by atoms with E-state index >= 15 is 0 Å². The molecule has 0 aromatic heterocycles. The Balaban J connectivity index is 2.37. The van der Waals surface area contributed by atoms with Gasteiger partial charge in [0.05, 0.1) is 17.7 Å². The maximum Gasteiger partial charge on any atom is 0.411 e. The van der Waals surface area contributed by atoms with E-state index in [-0.39, 0.29) is 6.61 Å². The fourth-order valence-electron chi connectivity index (χ4n) is 1.64. The molecular formula is C14H19BrF3NO2. The molecule has 0 spiro atoms. The molecule has 0 saturated carbocycles. The molecule has 0 aliphatic heterocycles. The first-order valence-electron chi connectivity index (χ1n) is 6.69. The lowest BCUT2D eigenvalue weighted by Gasteiger charge is -2.14. The first kappa shape index (κ1) is 18.3. The van der Waals surface area contributed by atoms with E-state index in [1.807, 2.05) is 25.1 Å². The second-order valence-electron chi connectivity index (χ2n) is 4.38. The molecule has 0 heterocycles. The zero-order valence-electron chi connectivity index (χ0n) is 11.8. The highest BCUT2D eigenvalue weighted by atomic mass is 79.9. The Morgan fingerprint density at radius 2 is 2.00 bits per heavy atom. The molecule has 1 aromatic rings. The van der Waals surface area contributed by atoms with Crippen LogP contribution in [-0.4, -0.2) is 32.5 Å². The normalized spacial score (nSPS) is 11.7. The van der Waals surface area contributed by atoms with E-state index in [9.17, 15) is 13.2 Å². The molecule has 1 N–H and O–H groups in total. The van der Waals surface area contributed by atoms with Gasteiger partial charge in [-0.1, -0.05) is 19.1 Å². The van der Waals surface area contributed by atoms with Gasteiger partial charge in [0.25, 0.3) is 0 Å². The summed E-state index contributed by atoms with van der Waals surface area (Å²) in [5, 5.41) is 3.21. The summed E-state index contributed by atoms with van der Waals surface area (Å²) < 4.78 is 46.7. The third kappa shape index (κ3) is 7.68. The molecule has 21 heavy (non-hydrogen) atoms. The second-order valence-corrected chi connectivity index (χ2v) is 5.23. The average molecular weight is 370 g/mol. The molecule has 7 heteroatoms. The van der Waals surface area contributed by atoms with Crippen LogP contribution in [0.4, 0.5) is 13.2 Å². The Morgan fingerprint density at radius 1 is 1.24 bits per heavy atom. The SMILES string of the molecule is CCNCc1cccc(Br)c1OCCCOCC(F)(F)F. The van der Waals surface area contributed by atoms with Crippen molar-refractivity contribution in [3.05, 3.63) is 28.2 Å². The summed E-state index contributed by atoms with van der Waals surface area (Å²) in [7, 11) is 0. The van der Waals surface area contributed by atoms with E-state index in [2.05, 4.69) is 26.0 Å². The van der Waals surface area contributed by atoms with Crippen LogP contribution in [-0.2, 0) is 11.3 Å². The van der Waals surface area contributed by atoms with Gasteiger partial charge in [-0.25, -0.2) is 0 Å². The van der Waals surface area contributed by atoms with Gasteiger partial charge < -0.3 is 14.8 Å². The standard InChI is InChI=1S/C14H19BrF3NO2/c1-2-19-9-11-5-3-6-12(15)13(11)21-8-4-7-20-10-14(16,17)18/h3,5-6,19H,2,4,7-10H2,1H3. The lowest BCUT2D eigenvalue weighted by Crippen LogP contribution is -2.18. The summed E-state index contributed by atoms with van der Waals surface area (Å²) in [6.07, 6.45) is -3.87. The molecule has 0 aliphatic rings. The maximum atomic E-state index is 11.9. The van der Waals surface area contributed by atoms with Gasteiger partial charge in [-0.3, -0.25) is 0 Å². The van der Waals surface area contributed by atoms with Crippen LogP contribution in [0, 0.1) is 0 Å². The fraction of sp³-hybridized carbons (Fsp3) is 0.571. The van der Waals surface area contributed by atoms with Gasteiger partial charge in [0.1, 0.15) is 12.4 Å². The highest BCUT2D eigenvalue weighted by Gasteiger charge is 2.27. The number of ether oxygens (including phenoxy) is 2. The minimum Gasteiger partial charge on any atom is -0.492 e. The second kappa shape index (κ2) is 9.27. The molecule has 0 fully saturated rings.